The summed E-state index contributed by atoms with van der Waals surface area (Å²) in [7, 11) is 0. The monoisotopic (exact) mass is 214 g/mol. The molecule has 0 spiro atoms. The molecule has 15 heavy (non-hydrogen) atoms. The molecule has 0 radical (unpaired) electrons. The van der Waals surface area contributed by atoms with Crippen molar-refractivity contribution in [1.29, 1.82) is 0 Å². The summed E-state index contributed by atoms with van der Waals surface area (Å²) in [6, 6.07) is 0. The SMILES string of the molecule is CCCC(CC)OCCCCCC(C)=O. The normalized spacial score (nSPS) is 12.7. The highest BCUT2D eigenvalue weighted by Gasteiger charge is 2.04. The number of ether oxygens (including phenoxy) is 1. The third-order valence-electron chi connectivity index (χ3n) is 2.59. The lowest BCUT2D eigenvalue weighted by molar-refractivity contribution is -0.117. The van der Waals surface area contributed by atoms with E-state index in [2.05, 4.69) is 13.8 Å². The number of unbranched alkanes of at least 4 members (excludes halogenated alkanes) is 2. The highest BCUT2D eigenvalue weighted by molar-refractivity contribution is 5.75. The quantitative estimate of drug-likeness (QED) is 0.518. The summed E-state index contributed by atoms with van der Waals surface area (Å²) in [6.45, 7) is 6.89. The van der Waals surface area contributed by atoms with Gasteiger partial charge in [-0.2, -0.15) is 0 Å². The van der Waals surface area contributed by atoms with Crippen molar-refractivity contribution < 1.29 is 9.53 Å². The third-order valence-corrected chi connectivity index (χ3v) is 2.59. The first kappa shape index (κ1) is 14.6. The molecule has 0 saturated carbocycles. The molecule has 0 heterocycles. The highest BCUT2D eigenvalue weighted by Crippen LogP contribution is 2.08. The molecule has 0 aliphatic rings. The number of hydrogen-bond donors (Lipinski definition) is 0. The van der Waals surface area contributed by atoms with E-state index in [0.29, 0.717) is 11.9 Å². The van der Waals surface area contributed by atoms with Crippen LogP contribution in [0.5, 0.6) is 0 Å². The van der Waals surface area contributed by atoms with Crippen LogP contribution in [0.4, 0.5) is 0 Å². The van der Waals surface area contributed by atoms with Gasteiger partial charge in [0.15, 0.2) is 0 Å². The maximum absolute atomic E-state index is 10.7. The Hall–Kier alpha value is -0.370. The molecule has 0 aromatic heterocycles. The number of hydrogen-bond acceptors (Lipinski definition) is 2. The molecule has 0 N–H and O–H groups in total. The third kappa shape index (κ3) is 9.92. The summed E-state index contributed by atoms with van der Waals surface area (Å²) < 4.78 is 5.75. The summed E-state index contributed by atoms with van der Waals surface area (Å²) >= 11 is 0. The second kappa shape index (κ2) is 10.2. The van der Waals surface area contributed by atoms with E-state index in [9.17, 15) is 4.79 Å². The van der Waals surface area contributed by atoms with Gasteiger partial charge >= 0.3 is 0 Å². The van der Waals surface area contributed by atoms with Crippen molar-refractivity contribution in [2.24, 2.45) is 0 Å². The number of rotatable bonds is 10. The van der Waals surface area contributed by atoms with Crippen molar-refractivity contribution in [3.05, 3.63) is 0 Å². The van der Waals surface area contributed by atoms with E-state index in [1.54, 1.807) is 6.92 Å². The Morgan fingerprint density at radius 3 is 2.47 bits per heavy atom. The molecule has 2 nitrogen and oxygen atoms in total. The van der Waals surface area contributed by atoms with Gasteiger partial charge in [-0.15, -0.1) is 0 Å². The van der Waals surface area contributed by atoms with Crippen LogP contribution in [0.3, 0.4) is 0 Å². The van der Waals surface area contributed by atoms with Crippen LogP contribution in [0.25, 0.3) is 0 Å². The van der Waals surface area contributed by atoms with E-state index in [4.69, 9.17) is 4.74 Å². The van der Waals surface area contributed by atoms with Gasteiger partial charge in [0.1, 0.15) is 5.78 Å². The Morgan fingerprint density at radius 1 is 1.20 bits per heavy atom. The molecular formula is C13H26O2. The zero-order valence-electron chi connectivity index (χ0n) is 10.6. The molecule has 90 valence electrons. The molecule has 0 aromatic rings. The van der Waals surface area contributed by atoms with Crippen LogP contribution >= 0.6 is 0 Å². The van der Waals surface area contributed by atoms with Gasteiger partial charge in [-0.25, -0.2) is 0 Å². The summed E-state index contributed by atoms with van der Waals surface area (Å²) in [5, 5.41) is 0. The molecule has 0 bridgehead atoms. The number of carbonyl (C=O) groups excluding carboxylic acids is 1. The smallest absolute Gasteiger partial charge is 0.129 e. The van der Waals surface area contributed by atoms with Gasteiger partial charge in [0, 0.05) is 13.0 Å². The van der Waals surface area contributed by atoms with E-state index in [1.807, 2.05) is 0 Å². The second-order valence-corrected chi connectivity index (χ2v) is 4.20. The number of Topliss-reactive ketones (excluding diaryl/α,β-unsaturated/α-hetero) is 1. The average Bonchev–Trinajstić information content (AvgIpc) is 2.21. The van der Waals surface area contributed by atoms with E-state index >= 15 is 0 Å². The molecule has 0 aliphatic carbocycles. The van der Waals surface area contributed by atoms with Crippen LogP contribution in [0, 0.1) is 0 Å². The van der Waals surface area contributed by atoms with Crippen molar-refractivity contribution in [1.82, 2.24) is 0 Å². The highest BCUT2D eigenvalue weighted by atomic mass is 16.5. The van der Waals surface area contributed by atoms with Crippen LogP contribution in [0.15, 0.2) is 0 Å². The van der Waals surface area contributed by atoms with Crippen molar-refractivity contribution in [3.8, 4) is 0 Å². The van der Waals surface area contributed by atoms with Crippen molar-refractivity contribution in [2.75, 3.05) is 6.61 Å². The fraction of sp³-hybridized carbons (Fsp3) is 0.923. The standard InChI is InChI=1S/C13H26O2/c1-4-9-13(5-2)15-11-8-6-7-10-12(3)14/h13H,4-11H2,1-3H3. The molecular weight excluding hydrogens is 188 g/mol. The summed E-state index contributed by atoms with van der Waals surface area (Å²) in [5.41, 5.74) is 0. The zero-order valence-corrected chi connectivity index (χ0v) is 10.6. The van der Waals surface area contributed by atoms with Crippen molar-refractivity contribution in [3.63, 3.8) is 0 Å². The van der Waals surface area contributed by atoms with Gasteiger partial charge in [0.2, 0.25) is 0 Å². The predicted molar refractivity (Wildman–Crippen MR) is 64.1 cm³/mol. The van der Waals surface area contributed by atoms with E-state index in [1.165, 1.54) is 12.8 Å². The van der Waals surface area contributed by atoms with Gasteiger partial charge in [-0.1, -0.05) is 26.7 Å². The molecule has 0 aliphatic heterocycles. The first-order chi connectivity index (χ1) is 7.20. The van der Waals surface area contributed by atoms with Crippen LogP contribution < -0.4 is 0 Å². The minimum absolute atomic E-state index is 0.299. The maximum atomic E-state index is 10.7. The van der Waals surface area contributed by atoms with Gasteiger partial charge in [-0.3, -0.25) is 0 Å². The van der Waals surface area contributed by atoms with Gasteiger partial charge in [0.25, 0.3) is 0 Å². The average molecular weight is 214 g/mol. The van der Waals surface area contributed by atoms with Gasteiger partial charge < -0.3 is 9.53 Å². The van der Waals surface area contributed by atoms with Crippen LogP contribution in [-0.4, -0.2) is 18.5 Å². The fourth-order valence-electron chi connectivity index (χ4n) is 1.63. The Bertz CT molecular complexity index is 155. The molecule has 0 saturated heterocycles. The Labute approximate surface area is 94.4 Å². The first-order valence-electron chi connectivity index (χ1n) is 6.31. The summed E-state index contributed by atoms with van der Waals surface area (Å²) in [5.74, 6) is 0.299. The predicted octanol–water partition coefficient (Wildman–Crippen LogP) is 3.73. The molecule has 0 rings (SSSR count). The fourth-order valence-corrected chi connectivity index (χ4v) is 1.63. The molecule has 2 heteroatoms. The molecule has 0 fully saturated rings. The van der Waals surface area contributed by atoms with Gasteiger partial charge in [0.05, 0.1) is 6.10 Å². The van der Waals surface area contributed by atoms with Crippen LogP contribution in [0.1, 0.15) is 65.7 Å². The zero-order chi connectivity index (χ0) is 11.5. The van der Waals surface area contributed by atoms with Crippen LogP contribution in [0.2, 0.25) is 0 Å². The van der Waals surface area contributed by atoms with Crippen molar-refractivity contribution >= 4 is 5.78 Å². The van der Waals surface area contributed by atoms with E-state index < -0.39 is 0 Å². The molecule has 1 atom stereocenters. The lowest BCUT2D eigenvalue weighted by atomic mass is 10.1. The van der Waals surface area contributed by atoms with E-state index in [-0.39, 0.29) is 0 Å². The number of carbonyl (C=O) groups is 1. The first-order valence-corrected chi connectivity index (χ1v) is 6.31. The summed E-state index contributed by atoms with van der Waals surface area (Å²) in [4.78, 5) is 10.7. The molecule has 0 amide bonds. The maximum Gasteiger partial charge on any atom is 0.129 e. The second-order valence-electron chi connectivity index (χ2n) is 4.20. The molecule has 1 unspecified atom stereocenters. The Kier molecular flexibility index (Phi) is 9.91. The Balaban J connectivity index is 3.24. The van der Waals surface area contributed by atoms with Gasteiger partial charge in [-0.05, 0) is 32.6 Å². The van der Waals surface area contributed by atoms with Crippen molar-refractivity contribution in [2.45, 2.75) is 71.8 Å². The number of ketones is 1. The lowest BCUT2D eigenvalue weighted by Gasteiger charge is -2.14. The summed E-state index contributed by atoms with van der Waals surface area (Å²) in [6.07, 6.45) is 7.88. The van der Waals surface area contributed by atoms with E-state index in [0.717, 1.165) is 38.7 Å². The largest absolute Gasteiger partial charge is 0.378 e. The molecule has 0 aromatic carbocycles. The van der Waals surface area contributed by atoms with Crippen LogP contribution in [-0.2, 0) is 9.53 Å². The topological polar surface area (TPSA) is 26.3 Å². The lowest BCUT2D eigenvalue weighted by Crippen LogP contribution is -2.12. The minimum atomic E-state index is 0.299. The minimum Gasteiger partial charge on any atom is -0.378 e. The Morgan fingerprint density at radius 2 is 1.93 bits per heavy atom.